The minimum Gasteiger partial charge on any atom is -0.361 e. The quantitative estimate of drug-likeness (QED) is 0.869. The van der Waals surface area contributed by atoms with Crippen molar-refractivity contribution in [3.05, 3.63) is 39.9 Å². The van der Waals surface area contributed by atoms with Crippen LogP contribution < -0.4 is 0 Å². The zero-order valence-corrected chi connectivity index (χ0v) is 12.9. The zero-order chi connectivity index (χ0) is 14.7. The maximum atomic E-state index is 12.5. The lowest BCUT2D eigenvalue weighted by atomic mass is 10.2. The Kier molecular flexibility index (Phi) is 4.36. The van der Waals surface area contributed by atoms with Crippen molar-refractivity contribution in [1.82, 2.24) is 15.0 Å². The maximum Gasteiger partial charge on any atom is 0.259 e. The van der Waals surface area contributed by atoms with Gasteiger partial charge >= 0.3 is 0 Å². The van der Waals surface area contributed by atoms with Gasteiger partial charge in [0.25, 0.3) is 5.91 Å². The fourth-order valence-electron chi connectivity index (χ4n) is 2.60. The highest BCUT2D eigenvalue weighted by Gasteiger charge is 2.25. The predicted octanol–water partition coefficient (Wildman–Crippen LogP) is 2.26. The molecular formula is C15H19N3O2S. The first-order chi connectivity index (χ1) is 10.3. The maximum absolute atomic E-state index is 12.5. The van der Waals surface area contributed by atoms with Crippen LogP contribution in [0, 0.1) is 0 Å². The molecule has 0 N–H and O–H groups in total. The molecule has 3 heterocycles. The molecule has 3 rings (SSSR count). The summed E-state index contributed by atoms with van der Waals surface area (Å²) in [6.07, 6.45) is 2.23. The number of piperazine rings is 1. The van der Waals surface area contributed by atoms with Crippen LogP contribution in [-0.2, 0) is 13.0 Å². The smallest absolute Gasteiger partial charge is 0.259 e. The van der Waals surface area contributed by atoms with Crippen LogP contribution in [-0.4, -0.2) is 47.0 Å². The van der Waals surface area contributed by atoms with Crippen LogP contribution in [0.4, 0.5) is 0 Å². The van der Waals surface area contributed by atoms with Gasteiger partial charge in [-0.1, -0.05) is 18.1 Å². The van der Waals surface area contributed by atoms with Crippen LogP contribution in [0.2, 0.25) is 0 Å². The molecule has 112 valence electrons. The summed E-state index contributed by atoms with van der Waals surface area (Å²) in [5, 5.41) is 5.85. The van der Waals surface area contributed by atoms with Gasteiger partial charge in [-0.05, 0) is 11.4 Å². The fourth-order valence-corrected chi connectivity index (χ4v) is 3.34. The van der Waals surface area contributed by atoms with E-state index in [4.69, 9.17) is 4.52 Å². The number of carbonyl (C=O) groups excluding carboxylic acids is 1. The number of carbonyl (C=O) groups is 1. The zero-order valence-electron chi connectivity index (χ0n) is 12.1. The van der Waals surface area contributed by atoms with Gasteiger partial charge in [-0.2, -0.15) is 0 Å². The van der Waals surface area contributed by atoms with E-state index in [1.54, 1.807) is 17.5 Å². The molecule has 0 radical (unpaired) electrons. The average Bonchev–Trinajstić information content (AvgIpc) is 3.18. The molecule has 0 unspecified atom stereocenters. The number of hydrogen-bond acceptors (Lipinski definition) is 5. The SMILES string of the molecule is CCc1oncc1C(=O)N1CCN(Cc2cccs2)CC1. The Morgan fingerprint density at radius 2 is 2.19 bits per heavy atom. The topological polar surface area (TPSA) is 49.6 Å². The number of nitrogens with zero attached hydrogens (tertiary/aromatic N) is 3. The molecule has 0 bridgehead atoms. The second kappa shape index (κ2) is 6.41. The van der Waals surface area contributed by atoms with E-state index in [2.05, 4.69) is 27.6 Å². The Morgan fingerprint density at radius 3 is 2.86 bits per heavy atom. The van der Waals surface area contributed by atoms with Crippen LogP contribution in [0.15, 0.2) is 28.2 Å². The van der Waals surface area contributed by atoms with Crippen molar-refractivity contribution in [2.24, 2.45) is 0 Å². The number of rotatable bonds is 4. The first-order valence-corrected chi connectivity index (χ1v) is 8.13. The van der Waals surface area contributed by atoms with Gasteiger partial charge in [0.15, 0.2) is 0 Å². The number of amides is 1. The number of hydrogen-bond donors (Lipinski definition) is 0. The summed E-state index contributed by atoms with van der Waals surface area (Å²) in [5.74, 6) is 0.727. The minimum atomic E-state index is 0.0453. The Bertz CT molecular complexity index is 586. The van der Waals surface area contributed by atoms with Crippen molar-refractivity contribution in [1.29, 1.82) is 0 Å². The second-order valence-electron chi connectivity index (χ2n) is 5.16. The van der Waals surface area contributed by atoms with E-state index in [0.29, 0.717) is 17.7 Å². The summed E-state index contributed by atoms with van der Waals surface area (Å²) in [7, 11) is 0. The number of thiophene rings is 1. The largest absolute Gasteiger partial charge is 0.361 e. The van der Waals surface area contributed by atoms with E-state index in [1.807, 2.05) is 11.8 Å². The normalized spacial score (nSPS) is 16.3. The molecule has 6 heteroatoms. The molecule has 0 aliphatic carbocycles. The average molecular weight is 305 g/mol. The molecule has 0 aromatic carbocycles. The third-order valence-corrected chi connectivity index (χ3v) is 4.68. The van der Waals surface area contributed by atoms with E-state index in [0.717, 1.165) is 32.7 Å². The molecule has 21 heavy (non-hydrogen) atoms. The van der Waals surface area contributed by atoms with Crippen LogP contribution in [0.3, 0.4) is 0 Å². The summed E-state index contributed by atoms with van der Waals surface area (Å²) in [4.78, 5) is 18.1. The van der Waals surface area contributed by atoms with E-state index in [9.17, 15) is 4.79 Å². The van der Waals surface area contributed by atoms with Crippen LogP contribution in [0.1, 0.15) is 27.9 Å². The molecule has 2 aromatic heterocycles. The highest BCUT2D eigenvalue weighted by atomic mass is 32.1. The molecule has 5 nitrogen and oxygen atoms in total. The summed E-state index contributed by atoms with van der Waals surface area (Å²) >= 11 is 1.78. The Morgan fingerprint density at radius 1 is 1.38 bits per heavy atom. The highest BCUT2D eigenvalue weighted by molar-refractivity contribution is 7.09. The molecular weight excluding hydrogens is 286 g/mol. The second-order valence-corrected chi connectivity index (χ2v) is 6.20. The molecule has 0 spiro atoms. The monoisotopic (exact) mass is 305 g/mol. The third-order valence-electron chi connectivity index (χ3n) is 3.82. The Labute approximate surface area is 128 Å². The Balaban J connectivity index is 1.57. The lowest BCUT2D eigenvalue weighted by Gasteiger charge is -2.34. The standard InChI is InChI=1S/C15H19N3O2S/c1-2-14-13(10-16-20-14)15(19)18-7-5-17(6-8-18)11-12-4-3-9-21-12/h3-4,9-10H,2,5-8,11H2,1H3. The third kappa shape index (κ3) is 3.16. The predicted molar refractivity (Wildman–Crippen MR) is 81.4 cm³/mol. The van der Waals surface area contributed by atoms with Crippen molar-refractivity contribution in [2.75, 3.05) is 26.2 Å². The molecule has 2 aromatic rings. The summed E-state index contributed by atoms with van der Waals surface area (Å²) in [6, 6.07) is 4.24. The summed E-state index contributed by atoms with van der Waals surface area (Å²) in [5.41, 5.74) is 0.615. The molecule has 0 atom stereocenters. The molecule has 1 aliphatic rings. The number of aromatic nitrogens is 1. The van der Waals surface area contributed by atoms with Crippen molar-refractivity contribution >= 4 is 17.2 Å². The van der Waals surface area contributed by atoms with Gasteiger partial charge in [0.2, 0.25) is 0 Å². The molecule has 1 fully saturated rings. The Hall–Kier alpha value is -1.66. The van der Waals surface area contributed by atoms with Crippen LogP contribution in [0.25, 0.3) is 0 Å². The van der Waals surface area contributed by atoms with Gasteiger partial charge in [0.05, 0.1) is 6.20 Å². The lowest BCUT2D eigenvalue weighted by Crippen LogP contribution is -2.48. The van der Waals surface area contributed by atoms with Gasteiger partial charge in [0, 0.05) is 44.0 Å². The number of aryl methyl sites for hydroxylation is 1. The first kappa shape index (κ1) is 14.3. The first-order valence-electron chi connectivity index (χ1n) is 7.25. The van der Waals surface area contributed by atoms with Gasteiger partial charge in [0.1, 0.15) is 11.3 Å². The van der Waals surface area contributed by atoms with Gasteiger partial charge in [-0.25, -0.2) is 0 Å². The van der Waals surface area contributed by atoms with Crippen LogP contribution >= 0.6 is 11.3 Å². The summed E-state index contributed by atoms with van der Waals surface area (Å²) in [6.45, 7) is 6.30. The van der Waals surface area contributed by atoms with Crippen LogP contribution in [0.5, 0.6) is 0 Å². The van der Waals surface area contributed by atoms with Crippen molar-refractivity contribution in [3.63, 3.8) is 0 Å². The highest BCUT2D eigenvalue weighted by Crippen LogP contribution is 2.16. The molecule has 1 saturated heterocycles. The van der Waals surface area contributed by atoms with E-state index in [-0.39, 0.29) is 5.91 Å². The fraction of sp³-hybridized carbons (Fsp3) is 0.467. The van der Waals surface area contributed by atoms with Gasteiger partial charge < -0.3 is 9.42 Å². The molecule has 1 amide bonds. The minimum absolute atomic E-state index is 0.0453. The lowest BCUT2D eigenvalue weighted by molar-refractivity contribution is 0.0627. The van der Waals surface area contributed by atoms with E-state index >= 15 is 0 Å². The summed E-state index contributed by atoms with van der Waals surface area (Å²) < 4.78 is 5.11. The van der Waals surface area contributed by atoms with Crippen molar-refractivity contribution in [2.45, 2.75) is 19.9 Å². The van der Waals surface area contributed by atoms with Gasteiger partial charge in [-0.3, -0.25) is 9.69 Å². The van der Waals surface area contributed by atoms with Crippen molar-refractivity contribution in [3.8, 4) is 0 Å². The van der Waals surface area contributed by atoms with Crippen molar-refractivity contribution < 1.29 is 9.32 Å². The van der Waals surface area contributed by atoms with Gasteiger partial charge in [-0.15, -0.1) is 11.3 Å². The van der Waals surface area contributed by atoms with E-state index < -0.39 is 0 Å². The molecule has 0 saturated carbocycles. The molecule has 1 aliphatic heterocycles. The van der Waals surface area contributed by atoms with E-state index in [1.165, 1.54) is 4.88 Å².